The van der Waals surface area contributed by atoms with Gasteiger partial charge in [-0.25, -0.2) is 4.98 Å². The average molecular weight is 530 g/mol. The molecule has 7 nitrogen and oxygen atoms in total. The molecule has 170 valence electrons. The number of para-hydroxylation sites is 1. The van der Waals surface area contributed by atoms with Crippen molar-refractivity contribution < 1.29 is 9.47 Å². The van der Waals surface area contributed by atoms with Gasteiger partial charge in [-0.15, -0.1) is 0 Å². The maximum absolute atomic E-state index is 13.4. The molecular formula is C24H22BrClN4O3. The van der Waals surface area contributed by atoms with Crippen LogP contribution in [0.2, 0.25) is 5.02 Å². The Morgan fingerprint density at radius 2 is 2.09 bits per heavy atom. The number of ether oxygens (including phenoxy) is 2. The number of nitriles is 1. The van der Waals surface area contributed by atoms with Crippen LogP contribution < -0.4 is 15.0 Å². The number of halogens is 2. The van der Waals surface area contributed by atoms with E-state index in [1.807, 2.05) is 24.3 Å². The van der Waals surface area contributed by atoms with Gasteiger partial charge in [-0.1, -0.05) is 43.0 Å². The van der Waals surface area contributed by atoms with E-state index in [0.29, 0.717) is 32.5 Å². The third-order valence-corrected chi connectivity index (χ3v) is 7.16. The van der Waals surface area contributed by atoms with Crippen LogP contribution >= 0.6 is 27.5 Å². The van der Waals surface area contributed by atoms with Crippen LogP contribution in [0.25, 0.3) is 10.9 Å². The lowest BCUT2D eigenvalue weighted by molar-refractivity contribution is 0.329. The van der Waals surface area contributed by atoms with Gasteiger partial charge in [0.1, 0.15) is 16.9 Å². The van der Waals surface area contributed by atoms with Crippen LogP contribution in [0.4, 0.5) is 0 Å². The van der Waals surface area contributed by atoms with Crippen molar-refractivity contribution in [3.8, 4) is 17.6 Å². The summed E-state index contributed by atoms with van der Waals surface area (Å²) in [5.41, 5.74) is 1.07. The van der Waals surface area contributed by atoms with E-state index in [1.165, 1.54) is 18.2 Å². The highest BCUT2D eigenvalue weighted by Crippen LogP contribution is 2.42. The highest BCUT2D eigenvalue weighted by molar-refractivity contribution is 9.10. The molecule has 0 unspecified atom stereocenters. The lowest BCUT2D eigenvalue weighted by Crippen LogP contribution is -2.25. The maximum Gasteiger partial charge on any atom is 0.282 e. The predicted molar refractivity (Wildman–Crippen MR) is 132 cm³/mol. The molecule has 0 N–H and O–H groups in total. The van der Waals surface area contributed by atoms with Gasteiger partial charge < -0.3 is 9.47 Å². The fraction of sp³-hybridized carbons (Fsp3) is 0.333. The van der Waals surface area contributed by atoms with Crippen LogP contribution in [0.1, 0.15) is 49.4 Å². The average Bonchev–Trinajstić information content (AvgIpc) is 2.85. The second-order valence-corrected chi connectivity index (χ2v) is 8.93. The molecule has 0 bridgehead atoms. The van der Waals surface area contributed by atoms with Gasteiger partial charge in [-0.3, -0.25) is 4.79 Å². The Morgan fingerprint density at radius 1 is 1.33 bits per heavy atom. The summed E-state index contributed by atoms with van der Waals surface area (Å²) in [5.74, 6) is 1.47. The van der Waals surface area contributed by atoms with E-state index in [-0.39, 0.29) is 28.9 Å². The van der Waals surface area contributed by atoms with Crippen LogP contribution in [0.15, 0.2) is 44.7 Å². The molecule has 3 aromatic rings. The summed E-state index contributed by atoms with van der Waals surface area (Å²) in [6, 6.07) is 10.9. The first-order chi connectivity index (χ1) is 16.0. The number of aromatic nitrogens is 2. The van der Waals surface area contributed by atoms with Crippen molar-refractivity contribution in [2.24, 2.45) is 5.10 Å². The van der Waals surface area contributed by atoms with Gasteiger partial charge in [0.25, 0.3) is 5.56 Å². The van der Waals surface area contributed by atoms with Crippen LogP contribution in [0.3, 0.4) is 0 Å². The highest BCUT2D eigenvalue weighted by atomic mass is 79.9. The molecule has 4 rings (SSSR count). The van der Waals surface area contributed by atoms with E-state index in [0.717, 1.165) is 25.7 Å². The minimum Gasteiger partial charge on any atom is -0.493 e. The van der Waals surface area contributed by atoms with Crippen LogP contribution in [0.5, 0.6) is 11.5 Å². The van der Waals surface area contributed by atoms with Gasteiger partial charge in [-0.05, 0) is 47.0 Å². The Labute approximate surface area is 204 Å². The van der Waals surface area contributed by atoms with E-state index in [2.05, 4.69) is 21.0 Å². The first-order valence-corrected chi connectivity index (χ1v) is 11.8. The van der Waals surface area contributed by atoms with Crippen molar-refractivity contribution in [2.45, 2.75) is 38.0 Å². The third-order valence-electron chi connectivity index (χ3n) is 5.72. The van der Waals surface area contributed by atoms with Crippen molar-refractivity contribution in [3.63, 3.8) is 0 Å². The monoisotopic (exact) mass is 528 g/mol. The molecule has 1 saturated carbocycles. The van der Waals surface area contributed by atoms with Gasteiger partial charge >= 0.3 is 0 Å². The zero-order chi connectivity index (χ0) is 23.4. The summed E-state index contributed by atoms with van der Waals surface area (Å²) in [4.78, 5) is 18.2. The van der Waals surface area contributed by atoms with Crippen LogP contribution in [-0.4, -0.2) is 29.6 Å². The number of fused-ring (bicyclic) bond motifs is 1. The van der Waals surface area contributed by atoms with Crippen molar-refractivity contribution >= 4 is 44.6 Å². The molecule has 0 spiro atoms. The molecule has 1 heterocycles. The molecule has 9 heteroatoms. The molecule has 1 aliphatic carbocycles. The van der Waals surface area contributed by atoms with E-state index >= 15 is 0 Å². The molecule has 2 aromatic carbocycles. The smallest absolute Gasteiger partial charge is 0.282 e. The first kappa shape index (κ1) is 23.3. The number of methoxy groups -OCH3 is 1. The SMILES string of the molecule is COc1cc(C=Nn2c(C3CCCCC3)nc3ccccc3c2=O)c(Br)c(Cl)c1OCC#N. The number of nitrogens with zero attached hydrogens (tertiary/aromatic N) is 4. The molecule has 0 radical (unpaired) electrons. The molecule has 33 heavy (non-hydrogen) atoms. The van der Waals surface area contributed by atoms with Crippen molar-refractivity contribution in [3.05, 3.63) is 61.6 Å². The quantitative estimate of drug-likeness (QED) is 0.385. The van der Waals surface area contributed by atoms with Gasteiger partial charge in [0, 0.05) is 16.0 Å². The summed E-state index contributed by atoms with van der Waals surface area (Å²) in [5, 5.41) is 14.1. The highest BCUT2D eigenvalue weighted by Gasteiger charge is 2.23. The van der Waals surface area contributed by atoms with E-state index in [4.69, 9.17) is 31.3 Å². The second-order valence-electron chi connectivity index (χ2n) is 7.76. The van der Waals surface area contributed by atoms with Crippen molar-refractivity contribution in [1.29, 1.82) is 5.26 Å². The van der Waals surface area contributed by atoms with Gasteiger partial charge in [0.2, 0.25) is 0 Å². The zero-order valence-electron chi connectivity index (χ0n) is 18.1. The molecule has 0 amide bonds. The molecule has 1 fully saturated rings. The topological polar surface area (TPSA) is 89.5 Å². The minimum absolute atomic E-state index is 0.168. The molecule has 0 aliphatic heterocycles. The fourth-order valence-corrected chi connectivity index (χ4v) is 4.74. The fourth-order valence-electron chi connectivity index (χ4n) is 4.09. The second kappa shape index (κ2) is 10.4. The Morgan fingerprint density at radius 3 is 2.82 bits per heavy atom. The molecule has 1 aliphatic rings. The van der Waals surface area contributed by atoms with Crippen LogP contribution in [0, 0.1) is 11.3 Å². The molecule has 0 atom stereocenters. The van der Waals surface area contributed by atoms with Crippen molar-refractivity contribution in [1.82, 2.24) is 9.66 Å². The number of rotatable bonds is 6. The molecular weight excluding hydrogens is 508 g/mol. The summed E-state index contributed by atoms with van der Waals surface area (Å²) < 4.78 is 12.7. The summed E-state index contributed by atoms with van der Waals surface area (Å²) >= 11 is 9.93. The molecule has 1 aromatic heterocycles. The Bertz CT molecular complexity index is 1310. The summed E-state index contributed by atoms with van der Waals surface area (Å²) in [6.45, 7) is -0.168. The Kier molecular flexibility index (Phi) is 7.31. The normalized spacial score (nSPS) is 14.5. The lowest BCUT2D eigenvalue weighted by Gasteiger charge is -2.22. The summed E-state index contributed by atoms with van der Waals surface area (Å²) in [7, 11) is 1.48. The van der Waals surface area contributed by atoms with Gasteiger partial charge in [0.05, 0.1) is 24.2 Å². The Balaban J connectivity index is 1.82. The standard InChI is InChI=1S/C24H22BrClN4O3/c1-32-19-13-16(20(25)21(26)22(19)33-12-11-27)14-28-30-23(15-7-3-2-4-8-15)29-18-10-6-5-9-17(18)24(30)31/h5-6,9-10,13-15H,2-4,7-8,12H2,1H3. The predicted octanol–water partition coefficient (Wildman–Crippen LogP) is 5.65. The maximum atomic E-state index is 13.4. The minimum atomic E-state index is -0.208. The van der Waals surface area contributed by atoms with E-state index in [1.54, 1.807) is 18.3 Å². The van der Waals surface area contributed by atoms with Crippen LogP contribution in [-0.2, 0) is 0 Å². The number of hydrogen-bond donors (Lipinski definition) is 0. The van der Waals surface area contributed by atoms with E-state index in [9.17, 15) is 4.79 Å². The third kappa shape index (κ3) is 4.75. The van der Waals surface area contributed by atoms with Crippen molar-refractivity contribution in [2.75, 3.05) is 13.7 Å². The zero-order valence-corrected chi connectivity index (χ0v) is 20.4. The Hall–Kier alpha value is -2.89. The van der Waals surface area contributed by atoms with Gasteiger partial charge in [0.15, 0.2) is 18.1 Å². The van der Waals surface area contributed by atoms with E-state index < -0.39 is 0 Å². The largest absolute Gasteiger partial charge is 0.493 e. The van der Waals surface area contributed by atoms with Gasteiger partial charge in [-0.2, -0.15) is 15.0 Å². The lowest BCUT2D eigenvalue weighted by atomic mass is 9.88. The molecule has 0 saturated heterocycles. The first-order valence-electron chi connectivity index (χ1n) is 10.7. The summed E-state index contributed by atoms with van der Waals surface area (Å²) in [6.07, 6.45) is 6.93. The number of hydrogen-bond acceptors (Lipinski definition) is 6. The number of benzene rings is 2.